The Bertz CT molecular complexity index is 864. The van der Waals surface area contributed by atoms with Gasteiger partial charge in [-0.1, -0.05) is 36.4 Å². The van der Waals surface area contributed by atoms with Gasteiger partial charge in [0.25, 0.3) is 0 Å². The van der Waals surface area contributed by atoms with Gasteiger partial charge in [0.1, 0.15) is 13.2 Å². The summed E-state index contributed by atoms with van der Waals surface area (Å²) in [6, 6.07) is 13.9. The summed E-state index contributed by atoms with van der Waals surface area (Å²) in [5.41, 5.74) is 0.636. The van der Waals surface area contributed by atoms with Gasteiger partial charge in [-0.3, -0.25) is 4.79 Å². The second kappa shape index (κ2) is 7.91. The minimum atomic E-state index is -4.00. The number of esters is 1. The van der Waals surface area contributed by atoms with E-state index in [0.29, 0.717) is 0 Å². The molecule has 0 saturated heterocycles. The molecule has 0 aliphatic rings. The lowest BCUT2D eigenvalue weighted by Gasteiger charge is -2.16. The fourth-order valence-electron chi connectivity index (χ4n) is 2.02. The first-order valence-electron chi connectivity index (χ1n) is 7.30. The van der Waals surface area contributed by atoms with E-state index in [4.69, 9.17) is 9.84 Å². The molecule has 7 nitrogen and oxygen atoms in total. The summed E-state index contributed by atoms with van der Waals surface area (Å²) < 4.78 is 30.8. The number of likely N-dealkylation sites (N-methyl/N-ethyl adjacent to an activating group) is 1. The number of hydrogen-bond donors (Lipinski definition) is 1. The van der Waals surface area contributed by atoms with E-state index in [0.717, 1.165) is 15.9 Å². The predicted octanol–water partition coefficient (Wildman–Crippen LogP) is 1.75. The van der Waals surface area contributed by atoms with Crippen molar-refractivity contribution < 1.29 is 27.9 Å². The molecule has 0 aromatic heterocycles. The third-order valence-electron chi connectivity index (χ3n) is 3.38. The monoisotopic (exact) mass is 363 g/mol. The van der Waals surface area contributed by atoms with Crippen LogP contribution >= 0.6 is 0 Å². The van der Waals surface area contributed by atoms with Gasteiger partial charge in [-0.15, -0.1) is 0 Å². The maximum atomic E-state index is 12.4. The number of carboxylic acids is 1. The van der Waals surface area contributed by atoms with E-state index < -0.39 is 28.5 Å². The van der Waals surface area contributed by atoms with Crippen LogP contribution in [0.25, 0.3) is 0 Å². The number of benzene rings is 2. The highest BCUT2D eigenvalue weighted by Gasteiger charge is 2.24. The Kier molecular flexibility index (Phi) is 5.89. The van der Waals surface area contributed by atoms with Crippen molar-refractivity contribution in [1.29, 1.82) is 0 Å². The molecular formula is C17H17NO6S. The number of carboxylic acid groups (broad SMARTS) is 1. The lowest BCUT2D eigenvalue weighted by molar-refractivity contribution is -0.144. The van der Waals surface area contributed by atoms with E-state index in [1.54, 1.807) is 24.3 Å². The van der Waals surface area contributed by atoms with Crippen molar-refractivity contribution in [3.05, 3.63) is 65.7 Å². The molecular weight excluding hydrogens is 346 g/mol. The summed E-state index contributed by atoms with van der Waals surface area (Å²) in [4.78, 5) is 22.6. The molecule has 2 aromatic carbocycles. The van der Waals surface area contributed by atoms with Crippen LogP contribution in [0.5, 0.6) is 0 Å². The largest absolute Gasteiger partial charge is 0.478 e. The Hall–Kier alpha value is -2.71. The van der Waals surface area contributed by atoms with E-state index >= 15 is 0 Å². The molecule has 0 bridgehead atoms. The summed E-state index contributed by atoms with van der Waals surface area (Å²) in [6.45, 7) is -0.436. The van der Waals surface area contributed by atoms with Gasteiger partial charge in [0, 0.05) is 7.05 Å². The molecule has 0 aliphatic carbocycles. The lowest BCUT2D eigenvalue weighted by Crippen LogP contribution is -2.33. The van der Waals surface area contributed by atoms with E-state index in [-0.39, 0.29) is 17.1 Å². The van der Waals surface area contributed by atoms with Crippen molar-refractivity contribution in [1.82, 2.24) is 4.31 Å². The van der Waals surface area contributed by atoms with Crippen molar-refractivity contribution in [2.75, 3.05) is 13.6 Å². The van der Waals surface area contributed by atoms with E-state index in [1.165, 1.54) is 25.2 Å². The van der Waals surface area contributed by atoms with Gasteiger partial charge in [-0.25, -0.2) is 13.2 Å². The third-order valence-corrected chi connectivity index (χ3v) is 5.18. The molecule has 0 saturated carbocycles. The zero-order chi connectivity index (χ0) is 18.4. The fourth-order valence-corrected chi connectivity index (χ4v) is 3.18. The summed E-state index contributed by atoms with van der Waals surface area (Å²) >= 11 is 0. The van der Waals surface area contributed by atoms with Crippen molar-refractivity contribution in [2.45, 2.75) is 11.5 Å². The molecule has 0 aliphatic heterocycles. The fraction of sp³-hybridized carbons (Fsp3) is 0.176. The third kappa shape index (κ3) is 4.88. The Balaban J connectivity index is 2.03. The van der Waals surface area contributed by atoms with Crippen LogP contribution in [0.4, 0.5) is 0 Å². The Labute approximate surface area is 145 Å². The average molecular weight is 363 g/mol. The number of carbonyl (C=O) groups is 2. The highest BCUT2D eigenvalue weighted by atomic mass is 32.2. The van der Waals surface area contributed by atoms with Crippen molar-refractivity contribution in [3.63, 3.8) is 0 Å². The molecule has 8 heteroatoms. The SMILES string of the molecule is CN(CC(=O)OCc1ccccc1)S(=O)(=O)c1cccc(C(=O)O)c1. The van der Waals surface area contributed by atoms with E-state index in [2.05, 4.69) is 0 Å². The minimum Gasteiger partial charge on any atom is -0.478 e. The van der Waals surface area contributed by atoms with Crippen molar-refractivity contribution in [3.8, 4) is 0 Å². The molecule has 2 rings (SSSR count). The maximum absolute atomic E-state index is 12.4. The van der Waals surface area contributed by atoms with E-state index in [1.807, 2.05) is 6.07 Å². The minimum absolute atomic E-state index is 0.0437. The summed E-state index contributed by atoms with van der Waals surface area (Å²) in [5.74, 6) is -1.94. The number of carbonyl (C=O) groups excluding carboxylic acids is 1. The summed E-state index contributed by atoms with van der Waals surface area (Å²) in [6.07, 6.45) is 0. The maximum Gasteiger partial charge on any atom is 0.335 e. The van der Waals surface area contributed by atoms with Crippen molar-refractivity contribution >= 4 is 22.0 Å². The van der Waals surface area contributed by atoms with Gasteiger partial charge < -0.3 is 9.84 Å². The Morgan fingerprint density at radius 1 is 1.08 bits per heavy atom. The first kappa shape index (κ1) is 18.6. The number of aromatic carboxylic acids is 1. The molecule has 1 N–H and O–H groups in total. The summed E-state index contributed by atoms with van der Waals surface area (Å²) in [7, 11) is -2.78. The number of rotatable bonds is 7. The Morgan fingerprint density at radius 3 is 2.40 bits per heavy atom. The van der Waals surface area contributed by atoms with Crippen LogP contribution in [0.15, 0.2) is 59.5 Å². The molecule has 132 valence electrons. The van der Waals surface area contributed by atoms with Gasteiger partial charge in [0.2, 0.25) is 10.0 Å². The summed E-state index contributed by atoms with van der Waals surface area (Å²) in [5, 5.41) is 8.95. The van der Waals surface area contributed by atoms with Crippen LogP contribution in [0.1, 0.15) is 15.9 Å². The first-order valence-corrected chi connectivity index (χ1v) is 8.74. The van der Waals surface area contributed by atoms with Gasteiger partial charge in [0.15, 0.2) is 0 Å². The number of ether oxygens (including phenoxy) is 1. The van der Waals surface area contributed by atoms with E-state index in [9.17, 15) is 18.0 Å². The molecule has 25 heavy (non-hydrogen) atoms. The average Bonchev–Trinajstić information content (AvgIpc) is 2.61. The van der Waals surface area contributed by atoms with Crippen LogP contribution in [0.2, 0.25) is 0 Å². The van der Waals surface area contributed by atoms with Crippen LogP contribution in [-0.2, 0) is 26.2 Å². The van der Waals surface area contributed by atoms with Gasteiger partial charge in [-0.2, -0.15) is 4.31 Å². The second-order valence-corrected chi connectivity index (χ2v) is 7.29. The molecule has 0 spiro atoms. The number of nitrogens with zero attached hydrogens (tertiary/aromatic N) is 1. The quantitative estimate of drug-likeness (QED) is 0.752. The van der Waals surface area contributed by atoms with Gasteiger partial charge >= 0.3 is 11.9 Å². The van der Waals surface area contributed by atoms with Gasteiger partial charge in [-0.05, 0) is 23.8 Å². The lowest BCUT2D eigenvalue weighted by atomic mass is 10.2. The molecule has 0 atom stereocenters. The molecule has 0 fully saturated rings. The van der Waals surface area contributed by atoms with Gasteiger partial charge in [0.05, 0.1) is 10.5 Å². The normalized spacial score (nSPS) is 11.3. The highest BCUT2D eigenvalue weighted by molar-refractivity contribution is 7.89. The number of hydrogen-bond acceptors (Lipinski definition) is 5. The molecule has 0 heterocycles. The topological polar surface area (TPSA) is 101 Å². The predicted molar refractivity (Wildman–Crippen MR) is 89.5 cm³/mol. The Morgan fingerprint density at radius 2 is 1.76 bits per heavy atom. The molecule has 2 aromatic rings. The molecule has 0 amide bonds. The number of sulfonamides is 1. The van der Waals surface area contributed by atoms with Crippen LogP contribution in [0, 0.1) is 0 Å². The second-order valence-electron chi connectivity index (χ2n) is 5.24. The van der Waals surface area contributed by atoms with Crippen LogP contribution < -0.4 is 0 Å². The van der Waals surface area contributed by atoms with Crippen LogP contribution in [-0.4, -0.2) is 43.4 Å². The van der Waals surface area contributed by atoms with Crippen molar-refractivity contribution in [2.24, 2.45) is 0 Å². The molecule has 0 unspecified atom stereocenters. The zero-order valence-corrected chi connectivity index (χ0v) is 14.3. The molecule has 0 radical (unpaired) electrons. The van der Waals surface area contributed by atoms with Crippen LogP contribution in [0.3, 0.4) is 0 Å². The highest BCUT2D eigenvalue weighted by Crippen LogP contribution is 2.16. The first-order chi connectivity index (χ1) is 11.8. The standard InChI is InChI=1S/C17H17NO6S/c1-18(11-16(19)24-12-13-6-3-2-4-7-13)25(22,23)15-9-5-8-14(10-15)17(20)21/h2-10H,11-12H2,1H3,(H,20,21). The zero-order valence-electron chi connectivity index (χ0n) is 13.5. The smallest absolute Gasteiger partial charge is 0.335 e.